The van der Waals surface area contributed by atoms with Crippen LogP contribution in [0, 0.1) is 0 Å². The van der Waals surface area contributed by atoms with E-state index in [9.17, 15) is 0 Å². The lowest BCUT2D eigenvalue weighted by Crippen LogP contribution is -1.77. The third kappa shape index (κ3) is 7.50. The van der Waals surface area contributed by atoms with Gasteiger partial charge >= 0.3 is 0 Å². The molecule has 0 aromatic carbocycles. The van der Waals surface area contributed by atoms with Crippen LogP contribution in [0.25, 0.3) is 0 Å². The highest BCUT2D eigenvalue weighted by Gasteiger charge is 1.76. The van der Waals surface area contributed by atoms with Gasteiger partial charge in [0.25, 0.3) is 11.4 Å². The van der Waals surface area contributed by atoms with Crippen LogP contribution in [0.15, 0.2) is 11.6 Å². The molecule has 7 heteroatoms. The predicted octanol–water partition coefficient (Wildman–Crippen LogP) is 0.406. The zero-order chi connectivity index (χ0) is 7.98. The van der Waals surface area contributed by atoms with Crippen molar-refractivity contribution in [2.45, 2.75) is 0 Å². The molecule has 0 aliphatic carbocycles. The van der Waals surface area contributed by atoms with Crippen molar-refractivity contribution >= 4 is 27.8 Å². The van der Waals surface area contributed by atoms with Crippen molar-refractivity contribution in [1.82, 2.24) is 4.98 Å². The summed E-state index contributed by atoms with van der Waals surface area (Å²) in [6.07, 6.45) is 1.68. The van der Waals surface area contributed by atoms with Gasteiger partial charge in [-0.05, 0) is 0 Å². The molecule has 1 aromatic rings. The Morgan fingerprint density at radius 2 is 2.20 bits per heavy atom. The Kier molecular flexibility index (Phi) is 5.03. The molecule has 10 heavy (non-hydrogen) atoms. The van der Waals surface area contributed by atoms with Crippen LogP contribution in [-0.4, -0.2) is 18.3 Å². The molecule has 58 valence electrons. The highest BCUT2D eigenvalue weighted by Crippen LogP contribution is 2.02. The van der Waals surface area contributed by atoms with Crippen LogP contribution in [0.2, 0.25) is 0 Å². The summed E-state index contributed by atoms with van der Waals surface area (Å²) in [5, 5.41) is 2.48. The standard InChI is InChI=1S/C3H4N2S.H2O3S/c4-3-5-1-2-6-3;1-4(2)3/h1-2H,(H2,4,5);(H2,1,2,3). The minimum absolute atomic E-state index is 0.634. The van der Waals surface area contributed by atoms with E-state index < -0.39 is 11.4 Å². The second kappa shape index (κ2) is 5.30. The first-order chi connectivity index (χ1) is 4.63. The molecule has 0 spiro atoms. The number of rotatable bonds is 0. The van der Waals surface area contributed by atoms with Gasteiger partial charge in [0.1, 0.15) is 0 Å². The molecule has 0 radical (unpaired) electrons. The highest BCUT2D eigenvalue weighted by atomic mass is 32.2. The van der Waals surface area contributed by atoms with Gasteiger partial charge in [0.2, 0.25) is 0 Å². The Hall–Kier alpha value is -0.500. The number of hydrogen-bond donors (Lipinski definition) is 3. The summed E-state index contributed by atoms with van der Waals surface area (Å²) in [6.45, 7) is 0. The summed E-state index contributed by atoms with van der Waals surface area (Å²) in [6, 6.07) is 0. The van der Waals surface area contributed by atoms with E-state index in [1.165, 1.54) is 11.3 Å². The van der Waals surface area contributed by atoms with Gasteiger partial charge in [-0.2, -0.15) is 4.21 Å². The van der Waals surface area contributed by atoms with Gasteiger partial charge < -0.3 is 5.73 Å². The molecule has 0 aliphatic rings. The van der Waals surface area contributed by atoms with E-state index in [4.69, 9.17) is 19.0 Å². The molecule has 1 heterocycles. The molecule has 0 atom stereocenters. The molecule has 0 bridgehead atoms. The second-order valence-electron chi connectivity index (χ2n) is 1.10. The molecule has 0 fully saturated rings. The molecule has 4 N–H and O–H groups in total. The molecule has 0 saturated heterocycles. The van der Waals surface area contributed by atoms with Crippen molar-refractivity contribution in [3.05, 3.63) is 11.6 Å². The lowest BCUT2D eigenvalue weighted by molar-refractivity contribution is 0.454. The first-order valence-electron chi connectivity index (χ1n) is 2.08. The third-order valence-corrected chi connectivity index (χ3v) is 1.06. The molecule has 0 amide bonds. The van der Waals surface area contributed by atoms with Crippen LogP contribution >= 0.6 is 11.3 Å². The number of hydrogen-bond acceptors (Lipinski definition) is 4. The van der Waals surface area contributed by atoms with Crippen molar-refractivity contribution in [3.63, 3.8) is 0 Å². The first-order valence-corrected chi connectivity index (χ1v) is 4.02. The lowest BCUT2D eigenvalue weighted by atomic mass is 11.0. The van der Waals surface area contributed by atoms with Crippen molar-refractivity contribution in [3.8, 4) is 0 Å². The summed E-state index contributed by atoms with van der Waals surface area (Å²) in [7, 11) is 0. The third-order valence-electron chi connectivity index (χ3n) is 0.451. The van der Waals surface area contributed by atoms with E-state index in [1.54, 1.807) is 6.20 Å². The van der Waals surface area contributed by atoms with E-state index in [0.717, 1.165) is 0 Å². The summed E-state index contributed by atoms with van der Waals surface area (Å²) >= 11 is -1.17. The Bertz CT molecular complexity index is 184. The van der Waals surface area contributed by atoms with Crippen molar-refractivity contribution in [1.29, 1.82) is 0 Å². The number of nitrogens with two attached hydrogens (primary N) is 1. The first kappa shape index (κ1) is 9.50. The Morgan fingerprint density at radius 1 is 1.70 bits per heavy atom. The van der Waals surface area contributed by atoms with Gasteiger partial charge in [-0.25, -0.2) is 4.98 Å². The number of anilines is 1. The fraction of sp³-hybridized carbons (Fsp3) is 0. The van der Waals surface area contributed by atoms with E-state index in [0.29, 0.717) is 5.13 Å². The number of nitrogen functional groups attached to an aromatic ring is 1. The normalized spacial score (nSPS) is 8.70. The van der Waals surface area contributed by atoms with Gasteiger partial charge in [0, 0.05) is 11.6 Å². The van der Waals surface area contributed by atoms with Crippen molar-refractivity contribution < 1.29 is 13.3 Å². The Balaban J connectivity index is 0.000000180. The fourth-order valence-electron chi connectivity index (χ4n) is 0.234. The monoisotopic (exact) mass is 182 g/mol. The largest absolute Gasteiger partial charge is 0.375 e. The molecule has 0 unspecified atom stereocenters. The van der Waals surface area contributed by atoms with E-state index in [-0.39, 0.29) is 0 Å². The minimum Gasteiger partial charge on any atom is -0.375 e. The summed E-state index contributed by atoms with van der Waals surface area (Å²) in [4.78, 5) is 3.71. The smallest absolute Gasteiger partial charge is 0.299 e. The molecule has 5 nitrogen and oxygen atoms in total. The SMILES string of the molecule is Nc1nccs1.O=S(O)O. The average Bonchev–Trinajstić information content (AvgIpc) is 2.15. The second-order valence-corrected chi connectivity index (χ2v) is 2.49. The van der Waals surface area contributed by atoms with Crippen molar-refractivity contribution in [2.24, 2.45) is 0 Å². The maximum atomic E-state index is 8.67. The molecular weight excluding hydrogens is 176 g/mol. The van der Waals surface area contributed by atoms with Gasteiger partial charge in [0.05, 0.1) is 0 Å². The molecular formula is C3H6N2O3S2. The van der Waals surface area contributed by atoms with Gasteiger partial charge in [0.15, 0.2) is 5.13 Å². The average molecular weight is 182 g/mol. The maximum absolute atomic E-state index is 8.67. The minimum atomic E-state index is -2.61. The van der Waals surface area contributed by atoms with E-state index in [1.807, 2.05) is 5.38 Å². The van der Waals surface area contributed by atoms with E-state index in [2.05, 4.69) is 4.98 Å². The van der Waals surface area contributed by atoms with Crippen LogP contribution in [0.1, 0.15) is 0 Å². The van der Waals surface area contributed by atoms with Crippen LogP contribution in [0.4, 0.5) is 5.13 Å². The Morgan fingerprint density at radius 3 is 2.30 bits per heavy atom. The zero-order valence-corrected chi connectivity index (χ0v) is 6.43. The molecule has 1 aromatic heterocycles. The fourth-order valence-corrected chi connectivity index (χ4v) is 0.617. The van der Waals surface area contributed by atoms with Crippen LogP contribution in [-0.2, 0) is 11.4 Å². The molecule has 1 rings (SSSR count). The number of aromatic nitrogens is 1. The summed E-state index contributed by atoms with van der Waals surface area (Å²) < 4.78 is 22.8. The molecule has 0 saturated carbocycles. The maximum Gasteiger partial charge on any atom is 0.299 e. The topological polar surface area (TPSA) is 96.4 Å². The summed E-state index contributed by atoms with van der Waals surface area (Å²) in [5.41, 5.74) is 5.19. The van der Waals surface area contributed by atoms with Gasteiger partial charge in [-0.1, -0.05) is 0 Å². The zero-order valence-electron chi connectivity index (χ0n) is 4.80. The van der Waals surface area contributed by atoms with Crippen LogP contribution in [0.3, 0.4) is 0 Å². The lowest BCUT2D eigenvalue weighted by Gasteiger charge is -1.67. The van der Waals surface area contributed by atoms with Gasteiger partial charge in [-0.3, -0.25) is 9.11 Å². The molecule has 0 aliphatic heterocycles. The number of thiazole rings is 1. The van der Waals surface area contributed by atoms with Crippen molar-refractivity contribution in [2.75, 3.05) is 5.73 Å². The Labute approximate surface area is 64.0 Å². The highest BCUT2D eigenvalue weighted by molar-refractivity contribution is 7.73. The van der Waals surface area contributed by atoms with Gasteiger partial charge in [-0.15, -0.1) is 11.3 Å². The van der Waals surface area contributed by atoms with Crippen LogP contribution in [0.5, 0.6) is 0 Å². The summed E-state index contributed by atoms with van der Waals surface area (Å²) in [5.74, 6) is 0. The van der Waals surface area contributed by atoms with Crippen LogP contribution < -0.4 is 5.73 Å². The predicted molar refractivity (Wildman–Crippen MR) is 39.9 cm³/mol. The van der Waals surface area contributed by atoms with E-state index >= 15 is 0 Å². The quantitative estimate of drug-likeness (QED) is 0.505. The number of nitrogens with zero attached hydrogens (tertiary/aromatic N) is 1.